The minimum Gasteiger partial charge on any atom is -0.494 e. The predicted molar refractivity (Wildman–Crippen MR) is 121 cm³/mol. The van der Waals surface area contributed by atoms with Gasteiger partial charge in [0.2, 0.25) is 5.91 Å². The fourth-order valence-corrected chi connectivity index (χ4v) is 3.90. The number of thiazole rings is 1. The highest BCUT2D eigenvalue weighted by molar-refractivity contribution is 7.13. The molecule has 1 amide bonds. The minimum atomic E-state index is -0.336. The van der Waals surface area contributed by atoms with E-state index in [1.54, 1.807) is 4.90 Å². The first-order valence-corrected chi connectivity index (χ1v) is 11.0. The van der Waals surface area contributed by atoms with Gasteiger partial charge < -0.3 is 14.4 Å². The number of methoxy groups -OCH3 is 1. The third kappa shape index (κ3) is 6.65. The molecule has 0 atom stereocenters. The van der Waals surface area contributed by atoms with E-state index in [9.17, 15) is 9.59 Å². The highest BCUT2D eigenvalue weighted by atomic mass is 32.1. The van der Waals surface area contributed by atoms with Gasteiger partial charge in [0.05, 0.1) is 32.3 Å². The highest BCUT2D eigenvalue weighted by Gasteiger charge is 2.18. The van der Waals surface area contributed by atoms with Gasteiger partial charge in [0, 0.05) is 24.0 Å². The molecule has 0 N–H and O–H groups in total. The van der Waals surface area contributed by atoms with Crippen LogP contribution in [0, 0.1) is 0 Å². The van der Waals surface area contributed by atoms with Crippen LogP contribution in [0.4, 0.5) is 0 Å². The molecule has 1 aromatic heterocycles. The Hall–Kier alpha value is -3.19. The van der Waals surface area contributed by atoms with E-state index in [4.69, 9.17) is 9.47 Å². The molecule has 1 heterocycles. The number of benzene rings is 2. The van der Waals surface area contributed by atoms with E-state index in [2.05, 4.69) is 4.98 Å². The average molecular weight is 439 g/mol. The Kier molecular flexibility index (Phi) is 8.18. The summed E-state index contributed by atoms with van der Waals surface area (Å²) < 4.78 is 10.2. The average Bonchev–Trinajstić information content (AvgIpc) is 3.26. The van der Waals surface area contributed by atoms with Crippen LogP contribution in [0.25, 0.3) is 10.6 Å². The van der Waals surface area contributed by atoms with E-state index in [0.717, 1.165) is 27.6 Å². The largest absolute Gasteiger partial charge is 0.494 e. The van der Waals surface area contributed by atoms with Crippen molar-refractivity contribution in [2.24, 2.45) is 0 Å². The van der Waals surface area contributed by atoms with Crippen LogP contribution in [0.2, 0.25) is 0 Å². The third-order valence-electron chi connectivity index (χ3n) is 4.68. The van der Waals surface area contributed by atoms with E-state index < -0.39 is 0 Å². The summed E-state index contributed by atoms with van der Waals surface area (Å²) in [6.07, 6.45) is 0.338. The van der Waals surface area contributed by atoms with Crippen LogP contribution in [0.1, 0.15) is 24.6 Å². The lowest BCUT2D eigenvalue weighted by molar-refractivity contribution is -0.141. The van der Waals surface area contributed by atoms with Crippen molar-refractivity contribution in [1.29, 1.82) is 0 Å². The number of aromatic nitrogens is 1. The number of esters is 1. The molecule has 0 aliphatic rings. The summed E-state index contributed by atoms with van der Waals surface area (Å²) in [6.45, 7) is 3.31. The molecular formula is C24H26N2O4S. The fraction of sp³-hybridized carbons (Fsp3) is 0.292. The first-order chi connectivity index (χ1) is 15.1. The molecular weight excluding hydrogens is 412 g/mol. The molecule has 0 unspecified atom stereocenters. The van der Waals surface area contributed by atoms with Crippen LogP contribution in [-0.4, -0.2) is 42.0 Å². The number of hydrogen-bond donors (Lipinski definition) is 0. The molecule has 0 saturated carbocycles. The monoisotopic (exact) mass is 438 g/mol. The number of ether oxygens (including phenoxy) is 2. The topological polar surface area (TPSA) is 68.7 Å². The van der Waals surface area contributed by atoms with Gasteiger partial charge in [-0.15, -0.1) is 11.3 Å². The van der Waals surface area contributed by atoms with Gasteiger partial charge in [-0.05, 0) is 36.8 Å². The summed E-state index contributed by atoms with van der Waals surface area (Å²) in [5.74, 6) is 0.411. The van der Waals surface area contributed by atoms with Crippen molar-refractivity contribution in [3.05, 3.63) is 71.2 Å². The molecule has 6 nitrogen and oxygen atoms in total. The number of carbonyl (C=O) groups excluding carboxylic acids is 2. The molecule has 2 aromatic carbocycles. The van der Waals surface area contributed by atoms with E-state index in [-0.39, 0.29) is 24.7 Å². The lowest BCUT2D eigenvalue weighted by atomic mass is 10.2. The summed E-state index contributed by atoms with van der Waals surface area (Å²) in [5, 5.41) is 2.76. The molecule has 0 radical (unpaired) electrons. The number of nitrogens with zero attached hydrogens (tertiary/aromatic N) is 2. The first kappa shape index (κ1) is 22.5. The molecule has 31 heavy (non-hydrogen) atoms. The molecule has 0 saturated heterocycles. The van der Waals surface area contributed by atoms with Gasteiger partial charge in [0.25, 0.3) is 0 Å². The highest BCUT2D eigenvalue weighted by Crippen LogP contribution is 2.26. The Morgan fingerprint density at radius 1 is 1.06 bits per heavy atom. The predicted octanol–water partition coefficient (Wildman–Crippen LogP) is 4.34. The van der Waals surface area contributed by atoms with Crippen molar-refractivity contribution < 1.29 is 19.1 Å². The first-order valence-electron chi connectivity index (χ1n) is 10.1. The molecule has 0 aliphatic carbocycles. The Balaban J connectivity index is 1.68. The third-order valence-corrected chi connectivity index (χ3v) is 5.62. The van der Waals surface area contributed by atoms with Crippen LogP contribution in [0.5, 0.6) is 5.75 Å². The van der Waals surface area contributed by atoms with Gasteiger partial charge in [0.15, 0.2) is 0 Å². The zero-order valence-corrected chi connectivity index (χ0v) is 18.6. The maximum Gasteiger partial charge on any atom is 0.307 e. The van der Waals surface area contributed by atoms with Crippen LogP contribution in [0.3, 0.4) is 0 Å². The van der Waals surface area contributed by atoms with Gasteiger partial charge in [-0.3, -0.25) is 9.59 Å². The normalized spacial score (nSPS) is 10.5. The van der Waals surface area contributed by atoms with E-state index in [0.29, 0.717) is 19.7 Å². The molecule has 162 valence electrons. The summed E-state index contributed by atoms with van der Waals surface area (Å²) in [7, 11) is 1.35. The second kappa shape index (κ2) is 11.3. The summed E-state index contributed by atoms with van der Waals surface area (Å²) in [6, 6.07) is 17.5. The smallest absolute Gasteiger partial charge is 0.307 e. The zero-order chi connectivity index (χ0) is 22.1. The van der Waals surface area contributed by atoms with Crippen molar-refractivity contribution in [3.8, 4) is 16.3 Å². The lowest BCUT2D eigenvalue weighted by Gasteiger charge is -2.22. The molecule has 3 rings (SSSR count). The quantitative estimate of drug-likeness (QED) is 0.441. The van der Waals surface area contributed by atoms with Crippen molar-refractivity contribution in [2.75, 3.05) is 20.3 Å². The number of hydrogen-bond acceptors (Lipinski definition) is 6. The van der Waals surface area contributed by atoms with Crippen LogP contribution < -0.4 is 4.74 Å². The lowest BCUT2D eigenvalue weighted by Crippen LogP contribution is -2.34. The van der Waals surface area contributed by atoms with E-state index in [1.807, 2.05) is 66.9 Å². The molecule has 0 spiro atoms. The summed E-state index contributed by atoms with van der Waals surface area (Å²) >= 11 is 1.50. The van der Waals surface area contributed by atoms with E-state index in [1.165, 1.54) is 18.4 Å². The van der Waals surface area contributed by atoms with Gasteiger partial charge >= 0.3 is 5.97 Å². The Morgan fingerprint density at radius 2 is 1.81 bits per heavy atom. The summed E-state index contributed by atoms with van der Waals surface area (Å²) in [4.78, 5) is 30.9. The van der Waals surface area contributed by atoms with Crippen LogP contribution in [0.15, 0.2) is 60.0 Å². The van der Waals surface area contributed by atoms with Gasteiger partial charge in [0.1, 0.15) is 10.8 Å². The number of rotatable bonds is 10. The standard InChI is InChI=1S/C24H26N2O4S/c1-3-30-21-11-9-19(10-12-21)24-25-20(17-31-24)15-22(27)26(14-13-23(28)29-2)16-18-7-5-4-6-8-18/h4-12,17H,3,13-16H2,1-2H3. The number of amides is 1. The molecule has 7 heteroatoms. The Labute approximate surface area is 186 Å². The second-order valence-corrected chi connectivity index (χ2v) is 7.76. The second-order valence-electron chi connectivity index (χ2n) is 6.91. The van der Waals surface area contributed by atoms with Gasteiger partial charge in [-0.1, -0.05) is 30.3 Å². The van der Waals surface area contributed by atoms with Crippen molar-refractivity contribution in [1.82, 2.24) is 9.88 Å². The minimum absolute atomic E-state index is 0.0729. The van der Waals surface area contributed by atoms with Gasteiger partial charge in [-0.2, -0.15) is 0 Å². The van der Waals surface area contributed by atoms with Crippen molar-refractivity contribution in [2.45, 2.75) is 26.3 Å². The van der Waals surface area contributed by atoms with Gasteiger partial charge in [-0.25, -0.2) is 4.98 Å². The van der Waals surface area contributed by atoms with E-state index >= 15 is 0 Å². The number of carbonyl (C=O) groups is 2. The molecule has 0 fully saturated rings. The molecule has 0 bridgehead atoms. The van der Waals surface area contributed by atoms with Crippen LogP contribution >= 0.6 is 11.3 Å². The van der Waals surface area contributed by atoms with Crippen molar-refractivity contribution >= 4 is 23.2 Å². The maximum absolute atomic E-state index is 13.0. The molecule has 0 aliphatic heterocycles. The maximum atomic E-state index is 13.0. The Bertz CT molecular complexity index is 986. The summed E-state index contributed by atoms with van der Waals surface area (Å²) in [5.41, 5.74) is 2.71. The Morgan fingerprint density at radius 3 is 2.48 bits per heavy atom. The zero-order valence-electron chi connectivity index (χ0n) is 17.7. The molecule has 3 aromatic rings. The van der Waals surface area contributed by atoms with Crippen LogP contribution in [-0.2, 0) is 27.3 Å². The fourth-order valence-electron chi connectivity index (χ4n) is 3.07. The SMILES string of the molecule is CCOc1ccc(-c2nc(CC(=O)N(CCC(=O)OC)Cc3ccccc3)cs2)cc1. The van der Waals surface area contributed by atoms with Crippen molar-refractivity contribution in [3.63, 3.8) is 0 Å².